The molecule has 0 N–H and O–H groups in total. The minimum absolute atomic E-state index is 0.446. The molecular weight excluding hydrogens is 246 g/mol. The minimum atomic E-state index is 0.446. The quantitative estimate of drug-likeness (QED) is 0.789. The molecule has 1 aromatic carbocycles. The number of aryl methyl sites for hydroxylation is 1. The minimum Gasteiger partial charge on any atom is -0.298 e. The number of benzene rings is 1. The van der Waals surface area contributed by atoms with Crippen LogP contribution in [0.5, 0.6) is 0 Å². The van der Waals surface area contributed by atoms with Gasteiger partial charge in [0.1, 0.15) is 6.33 Å². The molecule has 6 heteroatoms. The van der Waals surface area contributed by atoms with Crippen molar-refractivity contribution in [3.63, 3.8) is 0 Å². The molecule has 0 aliphatic rings. The van der Waals surface area contributed by atoms with Crippen LogP contribution in [0.25, 0.3) is 0 Å². The maximum Gasteiger partial charge on any atom is 0.190 e. The first-order valence-corrected chi connectivity index (χ1v) is 5.66. The van der Waals surface area contributed by atoms with E-state index in [4.69, 9.17) is 11.6 Å². The Labute approximate surface area is 102 Å². The summed E-state index contributed by atoms with van der Waals surface area (Å²) in [6.45, 7) is 0. The summed E-state index contributed by atoms with van der Waals surface area (Å²) < 4.78 is 1.67. The predicted molar refractivity (Wildman–Crippen MR) is 62.0 cm³/mol. The zero-order valence-corrected chi connectivity index (χ0v) is 10.00. The van der Waals surface area contributed by atoms with Crippen LogP contribution in [-0.4, -0.2) is 21.1 Å². The second-order valence-electron chi connectivity index (χ2n) is 3.07. The van der Waals surface area contributed by atoms with Gasteiger partial charge < -0.3 is 0 Å². The van der Waals surface area contributed by atoms with Gasteiger partial charge in [0.25, 0.3) is 0 Å². The van der Waals surface area contributed by atoms with Gasteiger partial charge in [-0.3, -0.25) is 4.79 Å². The molecule has 2 aromatic rings. The number of aromatic nitrogens is 3. The first kappa shape index (κ1) is 11.2. The number of carbonyl (C=O) groups excluding carboxylic acids is 1. The van der Waals surface area contributed by atoms with Crippen molar-refractivity contribution in [3.05, 3.63) is 35.1 Å². The number of hydrogen-bond donors (Lipinski definition) is 0. The third kappa shape index (κ3) is 2.25. The molecule has 0 bridgehead atoms. The average molecular weight is 254 g/mol. The molecule has 0 aliphatic heterocycles. The predicted octanol–water partition coefficient (Wildman–Crippen LogP) is 2.43. The van der Waals surface area contributed by atoms with Gasteiger partial charge >= 0.3 is 0 Å². The van der Waals surface area contributed by atoms with E-state index in [1.165, 1.54) is 18.1 Å². The van der Waals surface area contributed by atoms with Gasteiger partial charge in [-0.05, 0) is 18.2 Å². The van der Waals surface area contributed by atoms with Crippen LogP contribution in [0, 0.1) is 0 Å². The van der Waals surface area contributed by atoms with Crippen LogP contribution in [0.3, 0.4) is 0 Å². The van der Waals surface area contributed by atoms with Crippen molar-refractivity contribution < 1.29 is 4.79 Å². The van der Waals surface area contributed by atoms with E-state index >= 15 is 0 Å². The van der Waals surface area contributed by atoms with Crippen LogP contribution in [-0.2, 0) is 7.05 Å². The Bertz CT molecular complexity index is 527. The summed E-state index contributed by atoms with van der Waals surface area (Å²) in [6.07, 6.45) is 2.23. The van der Waals surface area contributed by atoms with Gasteiger partial charge in [0, 0.05) is 17.5 Å². The van der Waals surface area contributed by atoms with E-state index < -0.39 is 0 Å². The van der Waals surface area contributed by atoms with Crippen molar-refractivity contribution in [2.45, 2.75) is 10.1 Å². The molecule has 0 saturated heterocycles. The topological polar surface area (TPSA) is 47.8 Å². The zero-order valence-electron chi connectivity index (χ0n) is 8.42. The molecule has 0 unspecified atom stereocenters. The van der Waals surface area contributed by atoms with E-state index in [9.17, 15) is 4.79 Å². The normalized spacial score (nSPS) is 10.4. The van der Waals surface area contributed by atoms with Gasteiger partial charge in [0.15, 0.2) is 11.4 Å². The second kappa shape index (κ2) is 4.67. The number of aldehydes is 1. The molecular formula is C10H8ClN3OS. The average Bonchev–Trinajstić information content (AvgIpc) is 2.65. The number of carbonyl (C=O) groups is 1. The van der Waals surface area contributed by atoms with E-state index in [1.807, 2.05) is 13.1 Å². The Morgan fingerprint density at radius 2 is 2.31 bits per heavy atom. The van der Waals surface area contributed by atoms with Crippen molar-refractivity contribution in [2.24, 2.45) is 7.05 Å². The molecule has 1 heterocycles. The molecule has 0 amide bonds. The second-order valence-corrected chi connectivity index (χ2v) is 4.52. The highest BCUT2D eigenvalue weighted by Gasteiger charge is 2.05. The fraction of sp³-hybridized carbons (Fsp3) is 0.100. The highest BCUT2D eigenvalue weighted by atomic mass is 35.5. The van der Waals surface area contributed by atoms with Crippen molar-refractivity contribution in [2.75, 3.05) is 0 Å². The number of hydrogen-bond acceptors (Lipinski definition) is 4. The molecule has 0 aliphatic carbocycles. The van der Waals surface area contributed by atoms with Gasteiger partial charge in [0.2, 0.25) is 0 Å². The zero-order chi connectivity index (χ0) is 11.5. The molecule has 16 heavy (non-hydrogen) atoms. The smallest absolute Gasteiger partial charge is 0.190 e. The van der Waals surface area contributed by atoms with Crippen LogP contribution in [0.2, 0.25) is 5.02 Å². The summed E-state index contributed by atoms with van der Waals surface area (Å²) >= 11 is 7.37. The summed E-state index contributed by atoms with van der Waals surface area (Å²) in [6, 6.07) is 5.26. The van der Waals surface area contributed by atoms with Crippen LogP contribution < -0.4 is 0 Å². The van der Waals surface area contributed by atoms with E-state index in [1.54, 1.807) is 16.8 Å². The standard InChI is InChI=1S/C10H8ClN3OS/c1-14-10(12-6-13-14)16-8-3-2-7(5-15)9(11)4-8/h2-6H,1H3. The highest BCUT2D eigenvalue weighted by molar-refractivity contribution is 7.99. The summed E-state index contributed by atoms with van der Waals surface area (Å²) in [4.78, 5) is 15.6. The molecule has 82 valence electrons. The lowest BCUT2D eigenvalue weighted by molar-refractivity contribution is 0.112. The largest absolute Gasteiger partial charge is 0.298 e. The van der Waals surface area contributed by atoms with Crippen molar-refractivity contribution in [3.8, 4) is 0 Å². The highest BCUT2D eigenvalue weighted by Crippen LogP contribution is 2.28. The Morgan fingerprint density at radius 3 is 2.88 bits per heavy atom. The summed E-state index contributed by atoms with van der Waals surface area (Å²) in [5.41, 5.74) is 0.490. The summed E-state index contributed by atoms with van der Waals surface area (Å²) in [5.74, 6) is 0. The summed E-state index contributed by atoms with van der Waals surface area (Å²) in [7, 11) is 1.82. The van der Waals surface area contributed by atoms with Gasteiger partial charge in [-0.1, -0.05) is 23.4 Å². The lowest BCUT2D eigenvalue weighted by Crippen LogP contribution is -1.92. The molecule has 0 atom stereocenters. The maximum atomic E-state index is 10.6. The Balaban J connectivity index is 2.26. The number of nitrogens with zero attached hydrogens (tertiary/aromatic N) is 3. The van der Waals surface area contributed by atoms with E-state index in [0.29, 0.717) is 10.6 Å². The Hall–Kier alpha value is -1.33. The number of rotatable bonds is 3. The lowest BCUT2D eigenvalue weighted by Gasteiger charge is -2.02. The van der Waals surface area contributed by atoms with Crippen LogP contribution >= 0.6 is 23.4 Å². The van der Waals surface area contributed by atoms with Crippen LogP contribution in [0.1, 0.15) is 10.4 Å². The fourth-order valence-corrected chi connectivity index (χ4v) is 2.24. The number of halogens is 1. The van der Waals surface area contributed by atoms with Crippen LogP contribution in [0.4, 0.5) is 0 Å². The molecule has 4 nitrogen and oxygen atoms in total. The SMILES string of the molecule is Cn1ncnc1Sc1ccc(C=O)c(Cl)c1. The third-order valence-corrected chi connectivity index (χ3v) is 3.35. The molecule has 0 saturated carbocycles. The van der Waals surface area contributed by atoms with Crippen molar-refractivity contribution >= 4 is 29.6 Å². The monoisotopic (exact) mass is 253 g/mol. The van der Waals surface area contributed by atoms with Gasteiger partial charge in [-0.2, -0.15) is 5.10 Å². The van der Waals surface area contributed by atoms with Crippen molar-refractivity contribution in [1.29, 1.82) is 0 Å². The third-order valence-electron chi connectivity index (χ3n) is 1.98. The van der Waals surface area contributed by atoms with E-state index in [2.05, 4.69) is 10.1 Å². The molecule has 0 radical (unpaired) electrons. The first-order chi connectivity index (χ1) is 7.70. The Morgan fingerprint density at radius 1 is 1.50 bits per heavy atom. The Kier molecular flexibility index (Phi) is 3.26. The van der Waals surface area contributed by atoms with E-state index in [0.717, 1.165) is 16.3 Å². The van der Waals surface area contributed by atoms with E-state index in [-0.39, 0.29) is 0 Å². The first-order valence-electron chi connectivity index (χ1n) is 4.47. The molecule has 0 fully saturated rings. The maximum absolute atomic E-state index is 10.6. The van der Waals surface area contributed by atoms with Gasteiger partial charge in [-0.15, -0.1) is 0 Å². The lowest BCUT2D eigenvalue weighted by atomic mass is 10.2. The molecule has 0 spiro atoms. The fourth-order valence-electron chi connectivity index (χ4n) is 1.15. The van der Waals surface area contributed by atoms with Gasteiger partial charge in [-0.25, -0.2) is 9.67 Å². The molecule has 1 aromatic heterocycles. The van der Waals surface area contributed by atoms with Gasteiger partial charge in [0.05, 0.1) is 5.02 Å². The van der Waals surface area contributed by atoms with Crippen molar-refractivity contribution in [1.82, 2.24) is 14.8 Å². The summed E-state index contributed by atoms with van der Waals surface area (Å²) in [5, 5.41) is 5.18. The molecule has 2 rings (SSSR count). The van der Waals surface area contributed by atoms with Crippen LogP contribution in [0.15, 0.2) is 34.6 Å².